The predicted molar refractivity (Wildman–Crippen MR) is 103 cm³/mol. The molecule has 144 valence electrons. The maximum atomic E-state index is 9.55. The molecule has 0 saturated carbocycles. The van der Waals surface area contributed by atoms with Gasteiger partial charge in [0, 0.05) is 30.6 Å². The number of carboxylic acid groups (broad SMARTS) is 2. The van der Waals surface area contributed by atoms with E-state index in [4.69, 9.17) is 10.2 Å². The van der Waals surface area contributed by atoms with E-state index in [9.17, 15) is 9.59 Å². The molecule has 1 aliphatic heterocycles. The van der Waals surface area contributed by atoms with E-state index in [-0.39, 0.29) is 0 Å². The highest BCUT2D eigenvalue weighted by Gasteiger charge is 2.19. The van der Waals surface area contributed by atoms with E-state index in [0.717, 1.165) is 12.5 Å². The Hall–Kier alpha value is -2.86. The Morgan fingerprint density at radius 1 is 1.00 bits per heavy atom. The Kier molecular flexibility index (Phi) is 8.32. The lowest BCUT2D eigenvalue weighted by Crippen LogP contribution is -2.33. The lowest BCUT2D eigenvalue weighted by atomic mass is 9.90. The number of H-pyrrole nitrogens is 1. The van der Waals surface area contributed by atoms with Crippen LogP contribution >= 0.6 is 0 Å². The predicted octanol–water partition coefficient (Wildman–Crippen LogP) is 3.18. The van der Waals surface area contributed by atoms with Crippen LogP contribution in [0.4, 0.5) is 0 Å². The molecule has 1 aromatic heterocycles. The van der Waals surface area contributed by atoms with Crippen LogP contribution in [0.25, 0.3) is 0 Å². The minimum Gasteiger partial charge on any atom is -0.478 e. The second kappa shape index (κ2) is 11.0. The van der Waals surface area contributed by atoms with Gasteiger partial charge in [0.2, 0.25) is 0 Å². The Bertz CT molecular complexity index is 702. The van der Waals surface area contributed by atoms with Crippen LogP contribution in [0.1, 0.15) is 24.1 Å². The fourth-order valence-electron chi connectivity index (χ4n) is 3.15. The number of piperidine rings is 1. The first kappa shape index (κ1) is 20.5. The normalized spacial score (nSPS) is 15.3. The average Bonchev–Trinajstić information content (AvgIpc) is 3.16. The van der Waals surface area contributed by atoms with Crippen LogP contribution in [-0.2, 0) is 22.6 Å². The van der Waals surface area contributed by atoms with Crippen LogP contribution in [0, 0.1) is 5.92 Å². The number of likely N-dealkylation sites (tertiary alicyclic amines) is 1. The van der Waals surface area contributed by atoms with E-state index in [0.29, 0.717) is 12.2 Å². The van der Waals surface area contributed by atoms with Gasteiger partial charge < -0.3 is 15.2 Å². The molecular weight excluding hydrogens is 344 g/mol. The molecule has 3 rings (SSSR count). The summed E-state index contributed by atoms with van der Waals surface area (Å²) in [5.74, 6) is -1.65. The summed E-state index contributed by atoms with van der Waals surface area (Å²) in [6, 6.07) is 15.2. The van der Waals surface area contributed by atoms with Crippen molar-refractivity contribution in [3.05, 3.63) is 72.1 Å². The molecule has 0 radical (unpaired) electrons. The van der Waals surface area contributed by atoms with Crippen molar-refractivity contribution in [2.24, 2.45) is 5.92 Å². The largest absolute Gasteiger partial charge is 0.478 e. The quantitative estimate of drug-likeness (QED) is 0.679. The molecule has 0 amide bonds. The zero-order valence-electron chi connectivity index (χ0n) is 15.3. The zero-order chi connectivity index (χ0) is 19.5. The van der Waals surface area contributed by atoms with Gasteiger partial charge in [-0.15, -0.1) is 0 Å². The van der Waals surface area contributed by atoms with Gasteiger partial charge in [0.15, 0.2) is 0 Å². The molecule has 1 saturated heterocycles. The van der Waals surface area contributed by atoms with Crippen molar-refractivity contribution < 1.29 is 19.8 Å². The van der Waals surface area contributed by atoms with Crippen molar-refractivity contribution in [2.75, 3.05) is 13.1 Å². The minimum atomic E-state index is -1.26. The molecule has 2 heterocycles. The summed E-state index contributed by atoms with van der Waals surface area (Å²) >= 11 is 0. The number of hydrogen-bond acceptors (Lipinski definition) is 3. The van der Waals surface area contributed by atoms with Crippen LogP contribution in [0.15, 0.2) is 60.8 Å². The van der Waals surface area contributed by atoms with Crippen molar-refractivity contribution in [1.29, 1.82) is 0 Å². The van der Waals surface area contributed by atoms with E-state index in [1.165, 1.54) is 43.6 Å². The molecule has 0 bridgehead atoms. The summed E-state index contributed by atoms with van der Waals surface area (Å²) in [5, 5.41) is 15.6. The fourth-order valence-corrected chi connectivity index (χ4v) is 3.15. The molecule has 0 unspecified atom stereocenters. The first-order valence-electron chi connectivity index (χ1n) is 9.05. The Morgan fingerprint density at radius 3 is 2.15 bits per heavy atom. The number of aliphatic carboxylic acids is 2. The maximum Gasteiger partial charge on any atom is 0.328 e. The molecule has 1 fully saturated rings. The molecule has 1 aliphatic rings. The first-order valence-corrected chi connectivity index (χ1v) is 9.05. The molecule has 3 N–H and O–H groups in total. The maximum absolute atomic E-state index is 9.55. The number of aromatic nitrogens is 1. The number of rotatable bonds is 6. The van der Waals surface area contributed by atoms with Crippen molar-refractivity contribution in [3.8, 4) is 0 Å². The summed E-state index contributed by atoms with van der Waals surface area (Å²) < 4.78 is 0. The lowest BCUT2D eigenvalue weighted by Gasteiger charge is -2.31. The van der Waals surface area contributed by atoms with Crippen molar-refractivity contribution in [1.82, 2.24) is 9.88 Å². The van der Waals surface area contributed by atoms with Gasteiger partial charge in [-0.3, -0.25) is 4.90 Å². The van der Waals surface area contributed by atoms with E-state index in [1.807, 2.05) is 6.20 Å². The molecule has 0 aliphatic carbocycles. The molecule has 6 heteroatoms. The van der Waals surface area contributed by atoms with Gasteiger partial charge in [-0.2, -0.15) is 0 Å². The number of aromatic amines is 1. The van der Waals surface area contributed by atoms with Crippen LogP contribution in [0.5, 0.6) is 0 Å². The van der Waals surface area contributed by atoms with E-state index < -0.39 is 11.9 Å². The zero-order valence-corrected chi connectivity index (χ0v) is 15.3. The highest BCUT2D eigenvalue weighted by atomic mass is 16.4. The second-order valence-corrected chi connectivity index (χ2v) is 6.61. The van der Waals surface area contributed by atoms with Gasteiger partial charge in [-0.05, 0) is 56.0 Å². The lowest BCUT2D eigenvalue weighted by molar-refractivity contribution is -0.134. The summed E-state index contributed by atoms with van der Waals surface area (Å²) in [7, 11) is 0. The van der Waals surface area contributed by atoms with Gasteiger partial charge in [0.05, 0.1) is 0 Å². The summed E-state index contributed by atoms with van der Waals surface area (Å²) in [6.45, 7) is 3.54. The molecular formula is C21H26N2O4. The Labute approximate surface area is 159 Å². The third kappa shape index (κ3) is 8.37. The second-order valence-electron chi connectivity index (χ2n) is 6.61. The average molecular weight is 370 g/mol. The highest BCUT2D eigenvalue weighted by Crippen LogP contribution is 2.22. The van der Waals surface area contributed by atoms with Gasteiger partial charge in [0.25, 0.3) is 0 Å². The fraction of sp³-hybridized carbons (Fsp3) is 0.333. The third-order valence-corrected chi connectivity index (χ3v) is 4.50. The van der Waals surface area contributed by atoms with Gasteiger partial charge in [-0.25, -0.2) is 9.59 Å². The number of carbonyl (C=O) groups is 2. The highest BCUT2D eigenvalue weighted by molar-refractivity contribution is 5.89. The van der Waals surface area contributed by atoms with Gasteiger partial charge in [0.1, 0.15) is 0 Å². The molecule has 1 aromatic carbocycles. The summed E-state index contributed by atoms with van der Waals surface area (Å²) in [6.07, 6.45) is 7.03. The van der Waals surface area contributed by atoms with Gasteiger partial charge >= 0.3 is 11.9 Å². The number of nitrogens with one attached hydrogen (secondary N) is 1. The number of nitrogens with zero attached hydrogens (tertiary/aromatic N) is 1. The van der Waals surface area contributed by atoms with E-state index in [2.05, 4.69) is 52.3 Å². The van der Waals surface area contributed by atoms with Crippen molar-refractivity contribution >= 4 is 11.9 Å². The minimum absolute atomic E-state index is 0.558. The molecule has 0 spiro atoms. The molecule has 6 nitrogen and oxygen atoms in total. The number of carboxylic acids is 2. The van der Waals surface area contributed by atoms with Crippen molar-refractivity contribution in [3.63, 3.8) is 0 Å². The monoisotopic (exact) mass is 370 g/mol. The number of benzene rings is 1. The summed E-state index contributed by atoms with van der Waals surface area (Å²) in [4.78, 5) is 25.0. The number of hydrogen-bond donors (Lipinski definition) is 3. The topological polar surface area (TPSA) is 93.6 Å². The first-order chi connectivity index (χ1) is 13.0. The Morgan fingerprint density at radius 2 is 1.63 bits per heavy atom. The summed E-state index contributed by atoms with van der Waals surface area (Å²) in [5.41, 5.74) is 2.83. The van der Waals surface area contributed by atoms with Crippen LogP contribution in [-0.4, -0.2) is 45.1 Å². The van der Waals surface area contributed by atoms with Crippen LogP contribution in [0.2, 0.25) is 0 Å². The molecule has 27 heavy (non-hydrogen) atoms. The standard InChI is InChI=1S/C17H22N2.C4H4O4/c1-2-5-15(6-3-1)13-16-8-11-19(12-9-16)14-17-7-4-10-18-17;5-3(6)1-2-4(7)8/h1-7,10,16,18H,8-9,11-14H2;1-2H,(H,5,6)(H,7,8). The Balaban J connectivity index is 0.000000279. The SMILES string of the molecule is O=C(O)C=CC(=O)O.c1ccc(CC2CCN(Cc3ccc[nH]3)CC2)cc1. The van der Waals surface area contributed by atoms with Crippen LogP contribution in [0.3, 0.4) is 0 Å². The smallest absolute Gasteiger partial charge is 0.328 e. The van der Waals surface area contributed by atoms with Crippen LogP contribution < -0.4 is 0 Å². The molecule has 2 aromatic rings. The third-order valence-electron chi connectivity index (χ3n) is 4.50. The van der Waals surface area contributed by atoms with E-state index >= 15 is 0 Å². The van der Waals surface area contributed by atoms with Gasteiger partial charge in [-0.1, -0.05) is 30.3 Å². The molecule has 0 atom stereocenters. The van der Waals surface area contributed by atoms with E-state index in [1.54, 1.807) is 0 Å². The van der Waals surface area contributed by atoms with Crippen molar-refractivity contribution in [2.45, 2.75) is 25.8 Å².